The molecule has 8 nitrogen and oxygen atoms in total. The molecule has 3 rings (SSSR count). The van der Waals surface area contributed by atoms with Crippen LogP contribution < -0.4 is 4.74 Å². The van der Waals surface area contributed by atoms with Gasteiger partial charge in [-0.05, 0) is 24.3 Å². The smallest absolute Gasteiger partial charge is 0.360 e. The van der Waals surface area contributed by atoms with Crippen LogP contribution in [0.1, 0.15) is 20.8 Å². The second kappa shape index (κ2) is 5.84. The normalized spacial score (nSPS) is 10.5. The summed E-state index contributed by atoms with van der Waals surface area (Å²) in [7, 11) is 0. The van der Waals surface area contributed by atoms with Gasteiger partial charge >= 0.3 is 11.9 Å². The zero-order chi connectivity index (χ0) is 17.3. The Hall–Kier alpha value is -3.68. The van der Waals surface area contributed by atoms with Crippen molar-refractivity contribution in [3.63, 3.8) is 0 Å². The number of para-hydroxylation sites is 1. The summed E-state index contributed by atoms with van der Waals surface area (Å²) in [6.45, 7) is 0. The van der Waals surface area contributed by atoms with Crippen molar-refractivity contribution in [2.24, 2.45) is 0 Å². The number of nitro groups is 1. The van der Waals surface area contributed by atoms with E-state index in [1.54, 1.807) is 6.07 Å². The van der Waals surface area contributed by atoms with E-state index in [4.69, 9.17) is 9.84 Å². The van der Waals surface area contributed by atoms with E-state index < -0.39 is 16.9 Å². The van der Waals surface area contributed by atoms with Crippen molar-refractivity contribution in [3.05, 3.63) is 69.9 Å². The zero-order valence-electron chi connectivity index (χ0n) is 12.1. The van der Waals surface area contributed by atoms with Crippen LogP contribution in [-0.4, -0.2) is 27.0 Å². The lowest BCUT2D eigenvalue weighted by Gasteiger charge is -2.05. The molecule has 0 atom stereocenters. The molecule has 0 radical (unpaired) electrons. The predicted molar refractivity (Wildman–Crippen MR) is 83.3 cm³/mol. The van der Waals surface area contributed by atoms with Gasteiger partial charge in [0.1, 0.15) is 17.0 Å². The van der Waals surface area contributed by atoms with Crippen LogP contribution in [0.15, 0.2) is 48.5 Å². The fourth-order valence-corrected chi connectivity index (χ4v) is 2.23. The van der Waals surface area contributed by atoms with Crippen molar-refractivity contribution >= 4 is 28.5 Å². The molecule has 8 heteroatoms. The number of rotatable bonds is 4. The molecular weight excluding hydrogens is 316 g/mol. The van der Waals surface area contributed by atoms with Gasteiger partial charge in [0.25, 0.3) is 5.69 Å². The van der Waals surface area contributed by atoms with Gasteiger partial charge in [-0.2, -0.15) is 0 Å². The SMILES string of the molecule is O=C(Oc1ccccc1C(=O)O)c1cc2cc([N+](=O)[O-])ccc2[nH]1. The number of aromatic amines is 1. The van der Waals surface area contributed by atoms with Crippen molar-refractivity contribution in [2.75, 3.05) is 0 Å². The summed E-state index contributed by atoms with van der Waals surface area (Å²) in [5.74, 6) is -2.09. The number of H-pyrrole nitrogens is 1. The summed E-state index contributed by atoms with van der Waals surface area (Å²) >= 11 is 0. The number of esters is 1. The molecule has 0 fully saturated rings. The number of carboxylic acid groups (broad SMARTS) is 1. The number of carbonyl (C=O) groups is 2. The van der Waals surface area contributed by atoms with Gasteiger partial charge in [-0.25, -0.2) is 9.59 Å². The van der Waals surface area contributed by atoms with E-state index in [1.807, 2.05) is 0 Å². The van der Waals surface area contributed by atoms with Gasteiger partial charge in [0.05, 0.1) is 4.92 Å². The van der Waals surface area contributed by atoms with Crippen LogP contribution in [0.5, 0.6) is 5.75 Å². The van der Waals surface area contributed by atoms with Crippen molar-refractivity contribution in [1.82, 2.24) is 4.98 Å². The predicted octanol–water partition coefficient (Wildman–Crippen LogP) is 2.99. The Morgan fingerprint density at radius 2 is 1.88 bits per heavy atom. The molecule has 0 unspecified atom stereocenters. The molecule has 0 bridgehead atoms. The van der Waals surface area contributed by atoms with Crippen molar-refractivity contribution in [1.29, 1.82) is 0 Å². The molecule has 3 aromatic rings. The Labute approximate surface area is 134 Å². The Balaban J connectivity index is 1.92. The summed E-state index contributed by atoms with van der Waals surface area (Å²) in [5.41, 5.74) is 0.347. The topological polar surface area (TPSA) is 123 Å². The number of carboxylic acids is 1. The molecular formula is C16H10N2O6. The van der Waals surface area contributed by atoms with Crippen LogP contribution in [0.2, 0.25) is 0 Å². The first-order valence-electron chi connectivity index (χ1n) is 6.77. The highest BCUT2D eigenvalue weighted by atomic mass is 16.6. The summed E-state index contributed by atoms with van der Waals surface area (Å²) < 4.78 is 5.12. The first-order chi connectivity index (χ1) is 11.5. The lowest BCUT2D eigenvalue weighted by molar-refractivity contribution is -0.384. The lowest BCUT2D eigenvalue weighted by Crippen LogP contribution is -2.11. The lowest BCUT2D eigenvalue weighted by atomic mass is 10.2. The summed E-state index contributed by atoms with van der Waals surface area (Å²) in [6.07, 6.45) is 0. The maximum Gasteiger partial charge on any atom is 0.360 e. The van der Waals surface area contributed by atoms with Gasteiger partial charge in [-0.1, -0.05) is 12.1 Å². The summed E-state index contributed by atoms with van der Waals surface area (Å²) in [5, 5.41) is 20.3. The average molecular weight is 326 g/mol. The van der Waals surface area contributed by atoms with Crippen LogP contribution in [-0.2, 0) is 0 Å². The quantitative estimate of drug-likeness (QED) is 0.329. The average Bonchev–Trinajstić information content (AvgIpc) is 2.98. The van der Waals surface area contributed by atoms with Gasteiger partial charge in [-0.3, -0.25) is 10.1 Å². The number of fused-ring (bicyclic) bond motifs is 1. The zero-order valence-corrected chi connectivity index (χ0v) is 12.1. The molecule has 120 valence electrons. The minimum atomic E-state index is -1.22. The maximum atomic E-state index is 12.2. The van der Waals surface area contributed by atoms with Crippen molar-refractivity contribution in [2.45, 2.75) is 0 Å². The van der Waals surface area contributed by atoms with E-state index in [1.165, 1.54) is 42.5 Å². The molecule has 2 aromatic carbocycles. The second-order valence-corrected chi connectivity index (χ2v) is 4.90. The number of nitrogens with one attached hydrogen (secondary N) is 1. The number of non-ortho nitro benzene ring substituents is 1. The maximum absolute atomic E-state index is 12.2. The highest BCUT2D eigenvalue weighted by Gasteiger charge is 2.17. The molecule has 0 saturated heterocycles. The molecule has 2 N–H and O–H groups in total. The summed E-state index contributed by atoms with van der Waals surface area (Å²) in [4.78, 5) is 36.3. The minimum Gasteiger partial charge on any atom is -0.478 e. The first-order valence-corrected chi connectivity index (χ1v) is 6.77. The standard InChI is InChI=1S/C16H10N2O6/c19-15(20)11-3-1-2-4-14(11)24-16(21)13-8-9-7-10(18(22)23)5-6-12(9)17-13/h1-8,17H,(H,19,20). The third-order valence-electron chi connectivity index (χ3n) is 3.36. The molecule has 1 heterocycles. The number of nitro benzene ring substituents is 1. The van der Waals surface area contributed by atoms with Crippen LogP contribution >= 0.6 is 0 Å². The molecule has 0 spiro atoms. The number of nitrogens with zero attached hydrogens (tertiary/aromatic N) is 1. The Morgan fingerprint density at radius 3 is 2.58 bits per heavy atom. The van der Waals surface area contributed by atoms with Crippen LogP contribution in [0.4, 0.5) is 5.69 Å². The van der Waals surface area contributed by atoms with E-state index in [-0.39, 0.29) is 22.7 Å². The molecule has 0 aliphatic rings. The monoisotopic (exact) mass is 326 g/mol. The van der Waals surface area contributed by atoms with Crippen molar-refractivity contribution < 1.29 is 24.4 Å². The van der Waals surface area contributed by atoms with Gasteiger partial charge in [0.15, 0.2) is 0 Å². The fourth-order valence-electron chi connectivity index (χ4n) is 2.23. The van der Waals surface area contributed by atoms with Gasteiger partial charge < -0.3 is 14.8 Å². The Bertz CT molecular complexity index is 976. The highest BCUT2D eigenvalue weighted by molar-refractivity contribution is 5.98. The minimum absolute atomic E-state index is 0.0608. The highest BCUT2D eigenvalue weighted by Crippen LogP contribution is 2.23. The molecule has 1 aromatic heterocycles. The number of hydrogen-bond acceptors (Lipinski definition) is 5. The number of hydrogen-bond donors (Lipinski definition) is 2. The van der Waals surface area contributed by atoms with Crippen LogP contribution in [0, 0.1) is 10.1 Å². The van der Waals surface area contributed by atoms with Crippen molar-refractivity contribution in [3.8, 4) is 5.75 Å². The van der Waals surface area contributed by atoms with Gasteiger partial charge in [0.2, 0.25) is 0 Å². The number of ether oxygens (including phenoxy) is 1. The first kappa shape index (κ1) is 15.2. The molecule has 0 amide bonds. The van der Waals surface area contributed by atoms with Gasteiger partial charge in [-0.15, -0.1) is 0 Å². The fraction of sp³-hybridized carbons (Fsp3) is 0. The Morgan fingerprint density at radius 1 is 1.12 bits per heavy atom. The van der Waals surface area contributed by atoms with E-state index >= 15 is 0 Å². The Kier molecular flexibility index (Phi) is 3.70. The van der Waals surface area contributed by atoms with Crippen LogP contribution in [0.3, 0.4) is 0 Å². The largest absolute Gasteiger partial charge is 0.478 e. The number of aromatic nitrogens is 1. The summed E-state index contributed by atoms with van der Waals surface area (Å²) in [6, 6.07) is 11.3. The van der Waals surface area contributed by atoms with E-state index in [2.05, 4.69) is 4.98 Å². The van der Waals surface area contributed by atoms with E-state index in [9.17, 15) is 19.7 Å². The molecule has 0 aliphatic heterocycles. The molecule has 0 aliphatic carbocycles. The second-order valence-electron chi connectivity index (χ2n) is 4.90. The van der Waals surface area contributed by atoms with Crippen LogP contribution in [0.25, 0.3) is 10.9 Å². The van der Waals surface area contributed by atoms with Gasteiger partial charge in [0, 0.05) is 23.0 Å². The number of carbonyl (C=O) groups excluding carboxylic acids is 1. The molecule has 24 heavy (non-hydrogen) atoms. The number of benzene rings is 2. The third kappa shape index (κ3) is 2.80. The van der Waals surface area contributed by atoms with E-state index in [0.29, 0.717) is 10.9 Å². The number of aromatic carboxylic acids is 1. The third-order valence-corrected chi connectivity index (χ3v) is 3.36. The molecule has 0 saturated carbocycles. The van der Waals surface area contributed by atoms with E-state index in [0.717, 1.165) is 0 Å².